The molecule has 5 aliphatic rings. The number of nitrogens with zero attached hydrogens (tertiary/aromatic N) is 6. The fourth-order valence-electron chi connectivity index (χ4n) is 11.3. The zero-order valence-corrected chi connectivity index (χ0v) is 38.7. The Morgan fingerprint density at radius 1 is 0.955 bits per heavy atom. The monoisotopic (exact) mass is 928 g/mol. The third kappa shape index (κ3) is 7.32. The zero-order valence-electron chi connectivity index (χ0n) is 37.9. The SMILES string of the molecule is Cc1cc(-n2nc3c(c2-n2ccn(-c4ccc(OC5CCS(=N)(=O)CC5)cc4)c2=O)[C@H](C)N(C(=O)C2=Cc4cc(C5CCOCC5)ccc4C2[C@@]2(c4noc(=O)[nH]4)C[C@@H]2C)CC3)cc(C)c1F. The maximum Gasteiger partial charge on any atom is 0.438 e. The molecule has 17 heteroatoms. The van der Waals surface area contributed by atoms with Crippen molar-refractivity contribution in [2.45, 2.75) is 95.6 Å². The number of ether oxygens (including phenoxy) is 2. The van der Waals surface area contributed by atoms with Crippen LogP contribution in [0.1, 0.15) is 109 Å². The van der Waals surface area contributed by atoms with E-state index in [4.69, 9.17) is 23.9 Å². The van der Waals surface area contributed by atoms with Crippen LogP contribution in [0.3, 0.4) is 0 Å². The molecule has 4 atom stereocenters. The second-order valence-corrected chi connectivity index (χ2v) is 21.6. The summed E-state index contributed by atoms with van der Waals surface area (Å²) >= 11 is 0. The van der Waals surface area contributed by atoms with Crippen LogP contribution < -0.4 is 16.2 Å². The molecule has 3 aliphatic heterocycles. The zero-order chi connectivity index (χ0) is 46.5. The van der Waals surface area contributed by atoms with Crippen molar-refractivity contribution < 1.29 is 27.4 Å². The number of aromatic amines is 1. The lowest BCUT2D eigenvalue weighted by molar-refractivity contribution is -0.129. The number of halogens is 1. The van der Waals surface area contributed by atoms with Crippen LogP contribution in [-0.2, 0) is 31.1 Å². The second kappa shape index (κ2) is 16.2. The van der Waals surface area contributed by atoms with Gasteiger partial charge in [-0.3, -0.25) is 28.2 Å². The molecule has 0 bridgehead atoms. The average molecular weight is 929 g/mol. The summed E-state index contributed by atoms with van der Waals surface area (Å²) in [5.74, 6) is 1.06. The number of benzene rings is 3. The van der Waals surface area contributed by atoms with Crippen LogP contribution >= 0.6 is 0 Å². The highest BCUT2D eigenvalue weighted by Gasteiger charge is 2.64. The first kappa shape index (κ1) is 43.3. The number of carbonyl (C=O) groups is 1. The number of amides is 1. The van der Waals surface area contributed by atoms with Crippen LogP contribution in [0.15, 0.2) is 86.7 Å². The van der Waals surface area contributed by atoms with Crippen molar-refractivity contribution in [3.63, 3.8) is 0 Å². The Morgan fingerprint density at radius 2 is 1.66 bits per heavy atom. The molecule has 6 heterocycles. The van der Waals surface area contributed by atoms with Gasteiger partial charge in [-0.1, -0.05) is 30.3 Å². The van der Waals surface area contributed by atoms with E-state index in [9.17, 15) is 13.8 Å². The first-order valence-electron chi connectivity index (χ1n) is 23.2. The van der Waals surface area contributed by atoms with Crippen molar-refractivity contribution in [1.29, 1.82) is 4.78 Å². The molecule has 1 saturated carbocycles. The summed E-state index contributed by atoms with van der Waals surface area (Å²) in [5.41, 5.74) is 6.25. The Balaban J connectivity index is 0.975. The van der Waals surface area contributed by atoms with Crippen LogP contribution in [-0.4, -0.2) is 81.4 Å². The van der Waals surface area contributed by atoms with E-state index in [0.717, 1.165) is 29.7 Å². The number of nitrogens with one attached hydrogen (secondary N) is 2. The van der Waals surface area contributed by atoms with Crippen molar-refractivity contribution >= 4 is 21.7 Å². The van der Waals surface area contributed by atoms with Crippen molar-refractivity contribution in [3.8, 4) is 22.9 Å². The van der Waals surface area contributed by atoms with Gasteiger partial charge in [-0.15, -0.1) is 0 Å². The quantitative estimate of drug-likeness (QED) is 0.150. The standard InChI is InChI=1S/C50H53FN8O7S/c1-28-23-36(24-29(2)44(28)51)59-45(58-18-17-57(49(58)62)35-6-8-37(9-7-35)65-38-14-21-67(52,63)22-15-38)42-31(4)56(16-11-41(42)54-59)46(60)40-26-34-25-33(32-12-19-64-20-13-32)5-10-39(34)43(40)50(27-30(50)3)47-53-48(61)66-55-47/h5-10,17-18,23-26,30-32,38,43,52H,11-16,19-22,27H2,1-4H3,(H,53,55,61)/t30-,31-,38?,43?,50+,67?/m0/s1. The van der Waals surface area contributed by atoms with E-state index in [1.165, 1.54) is 10.1 Å². The largest absolute Gasteiger partial charge is 0.490 e. The number of fused-ring (bicyclic) bond motifs is 2. The molecule has 15 nitrogen and oxygen atoms in total. The first-order valence-corrected chi connectivity index (χ1v) is 25.1. The summed E-state index contributed by atoms with van der Waals surface area (Å²) in [5, 5.41) is 9.34. The predicted octanol–water partition coefficient (Wildman–Crippen LogP) is 7.33. The fraction of sp³-hybridized carbons (Fsp3) is 0.420. The number of H-pyrrole nitrogens is 1. The first-order chi connectivity index (χ1) is 32.2. The smallest absolute Gasteiger partial charge is 0.438 e. The Morgan fingerprint density at radius 3 is 2.33 bits per heavy atom. The Labute approximate surface area is 386 Å². The highest BCUT2D eigenvalue weighted by molar-refractivity contribution is 7.92. The van der Waals surface area contributed by atoms with Gasteiger partial charge in [0.2, 0.25) is 0 Å². The minimum Gasteiger partial charge on any atom is -0.490 e. The van der Waals surface area contributed by atoms with Crippen molar-refractivity contribution in [2.24, 2.45) is 5.92 Å². The van der Waals surface area contributed by atoms with Crippen LogP contribution in [0, 0.1) is 30.4 Å². The maximum atomic E-state index is 15.5. The topological polar surface area (TPSA) is 183 Å². The molecule has 11 rings (SSSR count). The predicted molar refractivity (Wildman–Crippen MR) is 249 cm³/mol. The molecule has 3 fully saturated rings. The van der Waals surface area contributed by atoms with Gasteiger partial charge >= 0.3 is 11.4 Å². The molecule has 1 amide bonds. The van der Waals surface area contributed by atoms with E-state index < -0.39 is 32.9 Å². The molecule has 0 radical (unpaired) electrons. The second-order valence-electron chi connectivity index (χ2n) is 19.2. The Hall–Kier alpha value is -6.33. The van der Waals surface area contributed by atoms with Crippen molar-refractivity contribution in [2.75, 3.05) is 31.3 Å². The molecule has 67 heavy (non-hydrogen) atoms. The van der Waals surface area contributed by atoms with E-state index in [1.807, 2.05) is 17.9 Å². The van der Waals surface area contributed by atoms with E-state index in [1.54, 1.807) is 71.9 Å². The van der Waals surface area contributed by atoms with Crippen molar-refractivity contribution in [1.82, 2.24) is 34.0 Å². The van der Waals surface area contributed by atoms with E-state index in [2.05, 4.69) is 35.3 Å². The molecule has 2 aliphatic carbocycles. The molecule has 2 saturated heterocycles. The maximum absolute atomic E-state index is 15.5. The van der Waals surface area contributed by atoms with E-state index in [-0.39, 0.29) is 29.4 Å². The summed E-state index contributed by atoms with van der Waals surface area (Å²) in [6, 6.07) is 16.6. The van der Waals surface area contributed by atoms with Crippen LogP contribution in [0.4, 0.5) is 4.39 Å². The summed E-state index contributed by atoms with van der Waals surface area (Å²) in [4.78, 5) is 47.4. The molecule has 6 aromatic rings. The third-order valence-corrected chi connectivity index (χ3v) is 16.9. The van der Waals surface area contributed by atoms with Gasteiger partial charge in [0, 0.05) is 82.3 Å². The normalized spacial score (nSPS) is 26.0. The van der Waals surface area contributed by atoms with Crippen LogP contribution in [0.5, 0.6) is 5.75 Å². The molecule has 0 spiro atoms. The lowest BCUT2D eigenvalue weighted by Crippen LogP contribution is -2.41. The molecular formula is C50H53FN8O7S. The number of carbonyl (C=O) groups excluding carboxylic acids is 1. The molecule has 3 aromatic heterocycles. The van der Waals surface area contributed by atoms with Crippen LogP contribution in [0.25, 0.3) is 23.3 Å². The summed E-state index contributed by atoms with van der Waals surface area (Å²) in [6.07, 6.45) is 9.32. The number of imidazole rings is 1. The van der Waals surface area contributed by atoms with Gasteiger partial charge < -0.3 is 14.4 Å². The van der Waals surface area contributed by atoms with Gasteiger partial charge in [0.05, 0.1) is 23.1 Å². The molecular weight excluding hydrogens is 876 g/mol. The van der Waals surface area contributed by atoms with Gasteiger partial charge in [-0.25, -0.2) is 22.9 Å². The average Bonchev–Trinajstić information content (AvgIpc) is 3.81. The van der Waals surface area contributed by atoms with Crippen LogP contribution in [0.2, 0.25) is 0 Å². The molecule has 1 unspecified atom stereocenters. The van der Waals surface area contributed by atoms with Gasteiger partial charge in [-0.05, 0) is 135 Å². The Kier molecular flexibility index (Phi) is 10.4. The number of aryl methyl sites for hydroxylation is 2. The van der Waals surface area contributed by atoms with E-state index in [0.29, 0.717) is 114 Å². The third-order valence-electron chi connectivity index (χ3n) is 15.1. The van der Waals surface area contributed by atoms with E-state index >= 15 is 9.18 Å². The van der Waals surface area contributed by atoms with Gasteiger partial charge in [0.25, 0.3) is 5.91 Å². The summed E-state index contributed by atoms with van der Waals surface area (Å²) < 4.78 is 56.9. The lowest BCUT2D eigenvalue weighted by atomic mass is 9.77. The number of aromatic nitrogens is 6. The van der Waals surface area contributed by atoms with Gasteiger partial charge in [-0.2, -0.15) is 5.10 Å². The highest BCUT2D eigenvalue weighted by atomic mass is 32.2. The minimum absolute atomic E-state index is 0.0931. The lowest BCUT2D eigenvalue weighted by Gasteiger charge is -2.36. The fourth-order valence-corrected chi connectivity index (χ4v) is 12.8. The summed E-state index contributed by atoms with van der Waals surface area (Å²) in [6.45, 7) is 9.26. The van der Waals surface area contributed by atoms with Gasteiger partial charge in [0.1, 0.15) is 23.5 Å². The molecule has 3 aromatic carbocycles. The summed E-state index contributed by atoms with van der Waals surface area (Å²) in [7, 11) is -2.53. The Bertz CT molecular complexity index is 3190. The van der Waals surface area contributed by atoms with Crippen molar-refractivity contribution in [3.05, 3.63) is 144 Å². The molecule has 348 valence electrons. The van der Waals surface area contributed by atoms with Gasteiger partial charge in [0.15, 0.2) is 5.82 Å². The minimum atomic E-state index is -2.53. The number of hydrogen-bond donors (Lipinski definition) is 2. The highest BCUT2D eigenvalue weighted by Crippen LogP contribution is 2.65. The molecule has 2 N–H and O–H groups in total. The number of rotatable bonds is 9. The number of hydrogen-bond acceptors (Lipinski definition) is 10.